The molecule has 32 heavy (non-hydrogen) atoms. The zero-order valence-corrected chi connectivity index (χ0v) is 19.3. The number of sulfonamides is 1. The molecule has 10 nitrogen and oxygen atoms in total. The van der Waals surface area contributed by atoms with E-state index in [1.54, 1.807) is 12.1 Å². The number of hydrogen-bond acceptors (Lipinski definition) is 7. The topological polar surface area (TPSA) is 116 Å². The summed E-state index contributed by atoms with van der Waals surface area (Å²) in [6.07, 6.45) is 0.289. The van der Waals surface area contributed by atoms with Crippen LogP contribution in [-0.4, -0.2) is 81.3 Å². The van der Waals surface area contributed by atoms with Crippen molar-refractivity contribution in [2.45, 2.75) is 38.0 Å². The molecule has 176 valence electrons. The Morgan fingerprint density at radius 1 is 1.09 bits per heavy atom. The fraction of sp³-hybridized carbons (Fsp3) is 0.571. The van der Waals surface area contributed by atoms with Gasteiger partial charge in [-0.2, -0.15) is 4.31 Å². The van der Waals surface area contributed by atoms with Crippen molar-refractivity contribution in [1.29, 1.82) is 0 Å². The smallest absolute Gasteiger partial charge is 0.243 e. The van der Waals surface area contributed by atoms with Gasteiger partial charge in [0.1, 0.15) is 0 Å². The lowest BCUT2D eigenvalue weighted by atomic mass is 10.2. The monoisotopic (exact) mass is 466 g/mol. The van der Waals surface area contributed by atoms with E-state index >= 15 is 0 Å². The molecule has 0 aliphatic carbocycles. The largest absolute Gasteiger partial charge is 0.379 e. The molecule has 1 aromatic carbocycles. The van der Waals surface area contributed by atoms with E-state index in [0.29, 0.717) is 37.7 Å². The number of amides is 3. The number of carbonyl (C=O) groups is 3. The normalized spacial score (nSPS) is 17.6. The van der Waals surface area contributed by atoms with E-state index in [1.807, 2.05) is 18.7 Å². The third kappa shape index (κ3) is 5.28. The van der Waals surface area contributed by atoms with E-state index in [-0.39, 0.29) is 55.6 Å². The fourth-order valence-corrected chi connectivity index (χ4v) is 5.28. The van der Waals surface area contributed by atoms with Gasteiger partial charge >= 0.3 is 0 Å². The second-order valence-electron chi connectivity index (χ2n) is 7.60. The maximum Gasteiger partial charge on any atom is 0.243 e. The van der Waals surface area contributed by atoms with Crippen molar-refractivity contribution in [3.63, 3.8) is 0 Å². The van der Waals surface area contributed by atoms with Crippen LogP contribution in [0.3, 0.4) is 0 Å². The molecule has 2 aliphatic rings. The predicted octanol–water partition coefficient (Wildman–Crippen LogP) is 1.03. The molecule has 0 atom stereocenters. The third-order valence-electron chi connectivity index (χ3n) is 5.67. The number of carbonyl (C=O) groups excluding carboxylic acids is 3. The first kappa shape index (κ1) is 24.1. The molecule has 1 aromatic rings. The number of benzene rings is 1. The molecule has 2 heterocycles. The second kappa shape index (κ2) is 10.4. The van der Waals surface area contributed by atoms with Gasteiger partial charge in [-0.1, -0.05) is 0 Å². The van der Waals surface area contributed by atoms with Crippen LogP contribution in [-0.2, 0) is 29.1 Å². The Hall–Kier alpha value is -2.50. The van der Waals surface area contributed by atoms with Crippen LogP contribution in [0.4, 0.5) is 11.4 Å². The molecule has 3 amide bonds. The number of nitrogens with one attached hydrogen (secondary N) is 1. The third-order valence-corrected chi connectivity index (χ3v) is 7.57. The van der Waals surface area contributed by atoms with Crippen LogP contribution in [0.15, 0.2) is 23.1 Å². The average Bonchev–Trinajstić information content (AvgIpc) is 3.11. The SMILES string of the molecule is CCN(CC)c1ccc(S(=O)(=O)N2CCOCC2)cc1NC(=O)CCN1C(=O)CCC1=O. The Balaban J connectivity index is 1.82. The summed E-state index contributed by atoms with van der Waals surface area (Å²) >= 11 is 0. The van der Waals surface area contributed by atoms with E-state index in [2.05, 4.69) is 5.32 Å². The van der Waals surface area contributed by atoms with Crippen molar-refractivity contribution < 1.29 is 27.5 Å². The number of nitrogens with zero attached hydrogens (tertiary/aromatic N) is 3. The van der Waals surface area contributed by atoms with Crippen molar-refractivity contribution in [2.75, 3.05) is 56.2 Å². The number of anilines is 2. The van der Waals surface area contributed by atoms with E-state index in [4.69, 9.17) is 4.74 Å². The highest BCUT2D eigenvalue weighted by molar-refractivity contribution is 7.89. The molecule has 0 radical (unpaired) electrons. The van der Waals surface area contributed by atoms with E-state index in [0.717, 1.165) is 4.90 Å². The molecule has 0 spiro atoms. The zero-order chi connectivity index (χ0) is 23.3. The summed E-state index contributed by atoms with van der Waals surface area (Å²) in [7, 11) is -3.73. The van der Waals surface area contributed by atoms with Gasteiger partial charge in [0.2, 0.25) is 27.7 Å². The van der Waals surface area contributed by atoms with Crippen LogP contribution in [0.5, 0.6) is 0 Å². The summed E-state index contributed by atoms with van der Waals surface area (Å²) in [5.41, 5.74) is 1.09. The number of ether oxygens (including phenoxy) is 1. The molecule has 3 rings (SSSR count). The minimum Gasteiger partial charge on any atom is -0.379 e. The predicted molar refractivity (Wildman–Crippen MR) is 119 cm³/mol. The highest BCUT2D eigenvalue weighted by Gasteiger charge is 2.30. The van der Waals surface area contributed by atoms with Gasteiger partial charge in [0, 0.05) is 52.0 Å². The maximum absolute atomic E-state index is 13.1. The molecule has 2 aliphatic heterocycles. The summed E-state index contributed by atoms with van der Waals surface area (Å²) in [6, 6.07) is 4.72. The maximum atomic E-state index is 13.1. The van der Waals surface area contributed by atoms with Crippen LogP contribution < -0.4 is 10.2 Å². The van der Waals surface area contributed by atoms with Gasteiger partial charge < -0.3 is 15.0 Å². The molecule has 0 saturated carbocycles. The lowest BCUT2D eigenvalue weighted by molar-refractivity contribution is -0.138. The van der Waals surface area contributed by atoms with Crippen molar-refractivity contribution in [3.8, 4) is 0 Å². The molecule has 2 fully saturated rings. The summed E-state index contributed by atoms with van der Waals surface area (Å²) in [5, 5.41) is 2.79. The molecule has 0 bridgehead atoms. The van der Waals surface area contributed by atoms with Crippen LogP contribution in [0.25, 0.3) is 0 Å². The van der Waals surface area contributed by atoms with Crippen LogP contribution in [0, 0.1) is 0 Å². The van der Waals surface area contributed by atoms with Crippen LogP contribution in [0.1, 0.15) is 33.1 Å². The molecule has 2 saturated heterocycles. The lowest BCUT2D eigenvalue weighted by Gasteiger charge is -2.28. The summed E-state index contributed by atoms with van der Waals surface area (Å²) in [5.74, 6) is -0.942. The minimum absolute atomic E-state index is 0.00979. The Morgan fingerprint density at radius 3 is 2.31 bits per heavy atom. The van der Waals surface area contributed by atoms with Gasteiger partial charge in [0.15, 0.2) is 0 Å². The summed E-state index contributed by atoms with van der Waals surface area (Å²) in [4.78, 5) is 39.4. The quantitative estimate of drug-likeness (QED) is 0.540. The minimum atomic E-state index is -3.73. The summed E-state index contributed by atoms with van der Waals surface area (Å²) in [6.45, 7) is 6.53. The van der Waals surface area contributed by atoms with Gasteiger partial charge in [-0.05, 0) is 32.0 Å². The highest BCUT2D eigenvalue weighted by atomic mass is 32.2. The molecule has 0 unspecified atom stereocenters. The van der Waals surface area contributed by atoms with Gasteiger partial charge in [-0.3, -0.25) is 19.3 Å². The number of rotatable bonds is 9. The Labute approximate surface area is 188 Å². The zero-order valence-electron chi connectivity index (χ0n) is 18.5. The van der Waals surface area contributed by atoms with E-state index in [1.165, 1.54) is 10.4 Å². The van der Waals surface area contributed by atoms with Crippen molar-refractivity contribution in [1.82, 2.24) is 9.21 Å². The first-order valence-electron chi connectivity index (χ1n) is 10.9. The van der Waals surface area contributed by atoms with Crippen LogP contribution in [0.2, 0.25) is 0 Å². The first-order valence-corrected chi connectivity index (χ1v) is 12.3. The fourth-order valence-electron chi connectivity index (χ4n) is 3.85. The van der Waals surface area contributed by atoms with E-state index in [9.17, 15) is 22.8 Å². The van der Waals surface area contributed by atoms with Gasteiger partial charge in [-0.15, -0.1) is 0 Å². The molecular weight excluding hydrogens is 436 g/mol. The molecule has 0 aromatic heterocycles. The lowest BCUT2D eigenvalue weighted by Crippen LogP contribution is -2.40. The van der Waals surface area contributed by atoms with Crippen molar-refractivity contribution in [3.05, 3.63) is 18.2 Å². The van der Waals surface area contributed by atoms with Crippen molar-refractivity contribution >= 4 is 39.1 Å². The Kier molecular flexibility index (Phi) is 7.86. The van der Waals surface area contributed by atoms with E-state index < -0.39 is 15.9 Å². The molecular formula is C21H30N4O6S. The van der Waals surface area contributed by atoms with Gasteiger partial charge in [-0.25, -0.2) is 8.42 Å². The Bertz CT molecular complexity index is 955. The summed E-state index contributed by atoms with van der Waals surface area (Å²) < 4.78 is 32.8. The van der Waals surface area contributed by atoms with Gasteiger partial charge in [0.25, 0.3) is 0 Å². The molecule has 1 N–H and O–H groups in total. The molecule has 11 heteroatoms. The number of morpholine rings is 1. The standard InChI is InChI=1S/C21H30N4O6S/c1-3-23(4-2)18-6-5-16(32(29,30)24-11-13-31-14-12-24)15-17(18)22-19(26)9-10-25-20(27)7-8-21(25)28/h5-6,15H,3-4,7-14H2,1-2H3,(H,22,26). The number of hydrogen-bond donors (Lipinski definition) is 1. The Morgan fingerprint density at radius 2 is 1.72 bits per heavy atom. The second-order valence-corrected chi connectivity index (χ2v) is 9.54. The van der Waals surface area contributed by atoms with Crippen LogP contribution >= 0.6 is 0 Å². The number of likely N-dealkylation sites (tertiary alicyclic amines) is 1. The number of imide groups is 1. The average molecular weight is 467 g/mol. The van der Waals surface area contributed by atoms with Crippen molar-refractivity contribution in [2.24, 2.45) is 0 Å². The highest BCUT2D eigenvalue weighted by Crippen LogP contribution is 2.30. The first-order chi connectivity index (χ1) is 15.3. The van der Waals surface area contributed by atoms with Gasteiger partial charge in [0.05, 0.1) is 29.5 Å².